The predicted molar refractivity (Wildman–Crippen MR) is 112 cm³/mol. The maximum atomic E-state index is 13.6. The van der Waals surface area contributed by atoms with E-state index in [4.69, 9.17) is 16.2 Å². The molecule has 5 nitrogen and oxygen atoms in total. The molecule has 0 spiro atoms. The van der Waals surface area contributed by atoms with E-state index in [2.05, 4.69) is 32.8 Å². The molecule has 30 heavy (non-hydrogen) atoms. The number of aromatic nitrogens is 1. The van der Waals surface area contributed by atoms with Crippen molar-refractivity contribution in [2.45, 2.75) is 12.5 Å². The smallest absolute Gasteiger partial charge is 0.405 e. The number of halogens is 3. The van der Waals surface area contributed by atoms with Crippen molar-refractivity contribution in [3.05, 3.63) is 93.2 Å². The summed E-state index contributed by atoms with van der Waals surface area (Å²) in [7, 11) is 0. The Bertz CT molecular complexity index is 1120. The Morgan fingerprint density at radius 2 is 1.77 bits per heavy atom. The number of nitrogen functional groups attached to an aromatic ring is 1. The van der Waals surface area contributed by atoms with Crippen molar-refractivity contribution in [1.82, 2.24) is 4.98 Å². The number of carbonyl (C=O) groups excluding carboxylic acids is 1. The molecule has 0 aliphatic carbocycles. The van der Waals surface area contributed by atoms with E-state index in [1.165, 1.54) is 0 Å². The van der Waals surface area contributed by atoms with Crippen LogP contribution in [-0.4, -0.2) is 11.1 Å². The van der Waals surface area contributed by atoms with Gasteiger partial charge in [0.05, 0.1) is 11.4 Å². The van der Waals surface area contributed by atoms with Gasteiger partial charge in [0, 0.05) is 22.5 Å². The Hall–Kier alpha value is -3.44. The summed E-state index contributed by atoms with van der Waals surface area (Å²) in [5.74, 6) is 4.34. The molecule has 1 heterocycles. The molecule has 0 saturated heterocycles. The van der Waals surface area contributed by atoms with Crippen LogP contribution in [0.1, 0.15) is 28.6 Å². The normalized spacial score (nSPS) is 11.3. The molecule has 8 heteroatoms. The number of benzene rings is 2. The first-order valence-corrected chi connectivity index (χ1v) is 9.55. The Morgan fingerprint density at radius 3 is 2.40 bits per heavy atom. The second-order valence-electron chi connectivity index (χ2n) is 6.32. The fraction of sp³-hybridized carbons (Fsp3) is 0.0909. The summed E-state index contributed by atoms with van der Waals surface area (Å²) >= 11 is 3.34. The molecule has 0 aliphatic heterocycles. The predicted octanol–water partition coefficient (Wildman–Crippen LogP) is 4.48. The average Bonchev–Trinajstić information content (AvgIpc) is 2.66. The van der Waals surface area contributed by atoms with Crippen molar-refractivity contribution in [1.29, 1.82) is 0 Å². The van der Waals surface area contributed by atoms with Crippen molar-refractivity contribution in [2.75, 3.05) is 5.73 Å². The van der Waals surface area contributed by atoms with Crippen LogP contribution < -0.4 is 11.5 Å². The van der Waals surface area contributed by atoms with Gasteiger partial charge in [0.1, 0.15) is 17.3 Å². The standard InChI is InChI=1S/C22H16BrF2N3O2/c23-17-12-18(26)19(7-6-13-4-2-1-3-5-13)28-21(17)20(30-22(27)29)10-14-8-15(24)11-16(25)9-14/h1-5,8-9,11-12,20H,10,26H2,(H2,27,29)/t20-/m0/s1. The number of ether oxygens (including phenoxy) is 1. The SMILES string of the molecule is NC(=O)O[C@@H](Cc1cc(F)cc(F)c1)c1nc(C#Cc2ccccc2)c(N)cc1Br. The number of pyridine rings is 1. The van der Waals surface area contributed by atoms with Gasteiger partial charge in [-0.3, -0.25) is 0 Å². The molecule has 1 atom stereocenters. The molecule has 2 aromatic carbocycles. The van der Waals surface area contributed by atoms with E-state index in [0.717, 1.165) is 23.8 Å². The molecule has 3 aromatic rings. The number of amides is 1. The van der Waals surface area contributed by atoms with Crippen LogP contribution in [0.5, 0.6) is 0 Å². The van der Waals surface area contributed by atoms with E-state index in [9.17, 15) is 13.6 Å². The Kier molecular flexibility index (Phi) is 6.65. The maximum Gasteiger partial charge on any atom is 0.405 e. The zero-order valence-electron chi connectivity index (χ0n) is 15.5. The van der Waals surface area contributed by atoms with Gasteiger partial charge in [-0.2, -0.15) is 0 Å². The van der Waals surface area contributed by atoms with Crippen LogP contribution in [0.2, 0.25) is 0 Å². The van der Waals surface area contributed by atoms with Gasteiger partial charge in [-0.1, -0.05) is 24.1 Å². The van der Waals surface area contributed by atoms with E-state index in [0.29, 0.717) is 10.2 Å². The van der Waals surface area contributed by atoms with E-state index in [-0.39, 0.29) is 23.4 Å². The molecule has 3 rings (SSSR count). The first kappa shape index (κ1) is 21.3. The number of nitrogens with zero attached hydrogens (tertiary/aromatic N) is 1. The molecule has 0 aliphatic rings. The minimum absolute atomic E-state index is 0.0569. The van der Waals surface area contributed by atoms with Gasteiger partial charge in [0.15, 0.2) is 6.10 Å². The van der Waals surface area contributed by atoms with Crippen molar-refractivity contribution in [2.24, 2.45) is 5.73 Å². The molecule has 0 radical (unpaired) electrons. The second-order valence-corrected chi connectivity index (χ2v) is 7.17. The van der Waals surface area contributed by atoms with E-state index < -0.39 is 23.8 Å². The number of carbonyl (C=O) groups is 1. The average molecular weight is 472 g/mol. The van der Waals surface area contributed by atoms with Crippen LogP contribution in [0.4, 0.5) is 19.3 Å². The van der Waals surface area contributed by atoms with Gasteiger partial charge in [-0.15, -0.1) is 0 Å². The fourth-order valence-corrected chi connectivity index (χ4v) is 3.36. The van der Waals surface area contributed by atoms with Crippen LogP contribution in [0.15, 0.2) is 59.1 Å². The molecule has 1 aromatic heterocycles. The molecular weight excluding hydrogens is 456 g/mol. The van der Waals surface area contributed by atoms with Crippen LogP contribution in [-0.2, 0) is 11.2 Å². The summed E-state index contributed by atoms with van der Waals surface area (Å²) in [5.41, 5.74) is 13.1. The number of hydrogen-bond donors (Lipinski definition) is 2. The minimum Gasteiger partial charge on any atom is -0.439 e. The lowest BCUT2D eigenvalue weighted by molar-refractivity contribution is 0.104. The highest BCUT2D eigenvalue weighted by Gasteiger charge is 2.22. The monoisotopic (exact) mass is 471 g/mol. The van der Waals surface area contributed by atoms with Gasteiger partial charge < -0.3 is 16.2 Å². The van der Waals surface area contributed by atoms with Gasteiger partial charge in [-0.25, -0.2) is 18.6 Å². The summed E-state index contributed by atoms with van der Waals surface area (Å²) in [6.07, 6.45) is -2.13. The highest BCUT2D eigenvalue weighted by molar-refractivity contribution is 9.10. The summed E-state index contributed by atoms with van der Waals surface area (Å²) < 4.78 is 32.7. The molecule has 152 valence electrons. The van der Waals surface area contributed by atoms with Crippen LogP contribution in [0.25, 0.3) is 0 Å². The summed E-state index contributed by atoms with van der Waals surface area (Å²) in [4.78, 5) is 15.9. The van der Waals surface area contributed by atoms with Crippen LogP contribution in [0.3, 0.4) is 0 Å². The van der Waals surface area contributed by atoms with Gasteiger partial charge in [0.25, 0.3) is 0 Å². The van der Waals surface area contributed by atoms with Gasteiger partial charge >= 0.3 is 6.09 Å². The third kappa shape index (κ3) is 5.55. The topological polar surface area (TPSA) is 91.2 Å². The third-order valence-corrected chi connectivity index (χ3v) is 4.67. The molecule has 1 amide bonds. The Morgan fingerprint density at radius 1 is 1.10 bits per heavy atom. The first-order valence-electron chi connectivity index (χ1n) is 8.76. The highest BCUT2D eigenvalue weighted by atomic mass is 79.9. The number of rotatable bonds is 4. The van der Waals surface area contributed by atoms with E-state index in [1.807, 2.05) is 30.3 Å². The van der Waals surface area contributed by atoms with E-state index >= 15 is 0 Å². The zero-order chi connectivity index (χ0) is 21.7. The number of nitrogens with two attached hydrogens (primary N) is 2. The molecule has 0 bridgehead atoms. The number of hydrogen-bond acceptors (Lipinski definition) is 4. The van der Waals surface area contributed by atoms with Crippen molar-refractivity contribution >= 4 is 27.7 Å². The molecular formula is C22H16BrF2N3O2. The molecule has 0 saturated carbocycles. The Balaban J connectivity index is 2.00. The second kappa shape index (κ2) is 9.37. The quantitative estimate of drug-likeness (QED) is 0.548. The molecule has 0 fully saturated rings. The van der Waals surface area contributed by atoms with Gasteiger partial charge in [0.2, 0.25) is 0 Å². The lowest BCUT2D eigenvalue weighted by Gasteiger charge is -2.18. The highest BCUT2D eigenvalue weighted by Crippen LogP contribution is 2.30. The summed E-state index contributed by atoms with van der Waals surface area (Å²) in [6, 6.07) is 13.8. The fourth-order valence-electron chi connectivity index (χ4n) is 2.77. The summed E-state index contributed by atoms with van der Waals surface area (Å²) in [5, 5.41) is 0. The number of anilines is 1. The third-order valence-electron chi connectivity index (χ3n) is 4.04. The lowest BCUT2D eigenvalue weighted by atomic mass is 10.0. The van der Waals surface area contributed by atoms with Gasteiger partial charge in [-0.05, 0) is 57.7 Å². The Labute approximate surface area is 180 Å². The molecule has 4 N–H and O–H groups in total. The van der Waals surface area contributed by atoms with E-state index in [1.54, 1.807) is 6.07 Å². The molecule has 0 unspecified atom stereocenters. The van der Waals surface area contributed by atoms with Crippen molar-refractivity contribution in [3.63, 3.8) is 0 Å². The summed E-state index contributed by atoms with van der Waals surface area (Å²) in [6.45, 7) is 0. The number of primary amides is 1. The van der Waals surface area contributed by atoms with Crippen LogP contribution >= 0.6 is 15.9 Å². The van der Waals surface area contributed by atoms with Crippen molar-refractivity contribution in [3.8, 4) is 11.8 Å². The zero-order valence-corrected chi connectivity index (χ0v) is 17.1. The lowest BCUT2D eigenvalue weighted by Crippen LogP contribution is -2.20. The minimum atomic E-state index is -1.06. The first-order chi connectivity index (χ1) is 14.3. The van der Waals surface area contributed by atoms with Crippen molar-refractivity contribution < 1.29 is 18.3 Å². The van der Waals surface area contributed by atoms with Crippen LogP contribution in [0, 0.1) is 23.5 Å². The largest absolute Gasteiger partial charge is 0.439 e. The maximum absolute atomic E-state index is 13.6.